The molecule has 3 heterocycles. The Morgan fingerprint density at radius 1 is 1.26 bits per heavy atom. The Bertz CT molecular complexity index is 1450. The first-order valence-corrected chi connectivity index (χ1v) is 11.4. The van der Waals surface area contributed by atoms with Gasteiger partial charge in [0.2, 0.25) is 5.91 Å². The number of hydrazine groups is 1. The number of rotatable bonds is 5. The Morgan fingerprint density at radius 3 is 2.89 bits per heavy atom. The van der Waals surface area contributed by atoms with Crippen LogP contribution in [0.2, 0.25) is 5.02 Å². The summed E-state index contributed by atoms with van der Waals surface area (Å²) in [4.78, 5) is 26.3. The van der Waals surface area contributed by atoms with Crippen LogP contribution in [0.1, 0.15) is 23.7 Å². The van der Waals surface area contributed by atoms with E-state index in [0.29, 0.717) is 40.4 Å². The molecule has 6 N–H and O–H groups in total. The minimum Gasteiger partial charge on any atom is -0.359 e. The third kappa shape index (κ3) is 4.27. The number of nitrogens with two attached hydrogens (primary N) is 2. The molecule has 0 spiro atoms. The molecule has 2 aromatic carbocycles. The number of hydrogen-bond donors (Lipinski definition) is 4. The molecule has 1 atom stereocenters. The number of allylic oxidation sites excluding steroid dienone is 1. The maximum atomic E-state index is 13.2. The van der Waals surface area contributed by atoms with Gasteiger partial charge in [-0.25, -0.2) is 5.84 Å². The SMILES string of the molecule is C=C1Cc2ccc(NC(=O)C3CCc4cc(-c5cc(Cl)ccc5N(N)/C=N\N)cc(=O)n43)cc2N1. The van der Waals surface area contributed by atoms with Crippen molar-refractivity contribution in [2.24, 2.45) is 16.8 Å². The summed E-state index contributed by atoms with van der Waals surface area (Å²) in [6, 6.07) is 13.6. The Kier molecular flexibility index (Phi) is 5.80. The summed E-state index contributed by atoms with van der Waals surface area (Å²) in [6.45, 7) is 3.95. The summed E-state index contributed by atoms with van der Waals surface area (Å²) in [5.41, 5.74) is 6.03. The zero-order valence-corrected chi connectivity index (χ0v) is 19.5. The van der Waals surface area contributed by atoms with E-state index in [0.717, 1.165) is 29.1 Å². The lowest BCUT2D eigenvalue weighted by molar-refractivity contribution is -0.119. The van der Waals surface area contributed by atoms with E-state index in [2.05, 4.69) is 22.3 Å². The maximum absolute atomic E-state index is 13.2. The highest BCUT2D eigenvalue weighted by Crippen LogP contribution is 2.35. The van der Waals surface area contributed by atoms with E-state index in [1.807, 2.05) is 24.3 Å². The van der Waals surface area contributed by atoms with Crippen LogP contribution < -0.4 is 32.9 Å². The van der Waals surface area contributed by atoms with Crippen molar-refractivity contribution in [3.05, 3.63) is 87.4 Å². The number of anilines is 3. The van der Waals surface area contributed by atoms with Crippen LogP contribution in [0.3, 0.4) is 0 Å². The average molecular weight is 490 g/mol. The van der Waals surface area contributed by atoms with Crippen LogP contribution in [0.15, 0.2) is 70.7 Å². The summed E-state index contributed by atoms with van der Waals surface area (Å²) >= 11 is 6.23. The highest BCUT2D eigenvalue weighted by Gasteiger charge is 2.30. The molecule has 0 aliphatic carbocycles. The minimum absolute atomic E-state index is 0.230. The first-order chi connectivity index (χ1) is 16.8. The van der Waals surface area contributed by atoms with E-state index >= 15 is 0 Å². The summed E-state index contributed by atoms with van der Waals surface area (Å²) in [5, 5.41) is 11.4. The molecule has 0 radical (unpaired) electrons. The quantitative estimate of drug-likeness (QED) is 0.188. The second-order valence-corrected chi connectivity index (χ2v) is 9.03. The summed E-state index contributed by atoms with van der Waals surface area (Å²) in [7, 11) is 0. The number of carbonyl (C=O) groups excluding carboxylic acids is 1. The number of fused-ring (bicyclic) bond motifs is 2. The van der Waals surface area contributed by atoms with Crippen LogP contribution in [-0.4, -0.2) is 16.8 Å². The summed E-state index contributed by atoms with van der Waals surface area (Å²) in [6.07, 6.45) is 3.14. The van der Waals surface area contributed by atoms with Gasteiger partial charge < -0.3 is 21.0 Å². The second kappa shape index (κ2) is 8.94. The summed E-state index contributed by atoms with van der Waals surface area (Å²) in [5.74, 6) is 11.0. The van der Waals surface area contributed by atoms with Gasteiger partial charge in [0.25, 0.3) is 5.56 Å². The van der Waals surface area contributed by atoms with Crippen molar-refractivity contribution in [2.75, 3.05) is 15.6 Å². The van der Waals surface area contributed by atoms with Gasteiger partial charge in [0, 0.05) is 45.8 Å². The molecule has 2 aliphatic heterocycles. The smallest absolute Gasteiger partial charge is 0.252 e. The first-order valence-electron chi connectivity index (χ1n) is 11.1. The van der Waals surface area contributed by atoms with Gasteiger partial charge in [-0.05, 0) is 60.4 Å². The Balaban J connectivity index is 1.44. The average Bonchev–Trinajstić information content (AvgIpc) is 3.41. The van der Waals surface area contributed by atoms with Crippen molar-refractivity contribution in [1.82, 2.24) is 4.57 Å². The lowest BCUT2D eigenvalue weighted by atomic mass is 10.0. The van der Waals surface area contributed by atoms with E-state index in [1.165, 1.54) is 17.4 Å². The van der Waals surface area contributed by atoms with E-state index in [1.54, 1.807) is 22.8 Å². The van der Waals surface area contributed by atoms with Crippen LogP contribution in [0.5, 0.6) is 0 Å². The number of aromatic nitrogens is 1. The minimum atomic E-state index is -0.600. The number of pyridine rings is 1. The molecule has 0 fully saturated rings. The molecule has 0 saturated heterocycles. The van der Waals surface area contributed by atoms with Crippen LogP contribution >= 0.6 is 11.6 Å². The molecule has 10 heteroatoms. The molecule has 1 unspecified atom stereocenters. The molecular formula is C25H24ClN7O2. The van der Waals surface area contributed by atoms with Gasteiger partial charge in [0.05, 0.1) is 5.69 Å². The van der Waals surface area contributed by atoms with Gasteiger partial charge in [-0.2, -0.15) is 5.10 Å². The number of aryl methyl sites for hydroxylation is 1. The standard InChI is InChI=1S/C25H24ClN7O2/c1-14-8-15-2-4-18(12-21(15)30-14)31-25(35)23-7-5-19-9-16(10-24(34)33(19)23)20-11-17(26)3-6-22(20)32(28)13-29-27/h2-4,6,9-13,23,30H,1,5,7-8,27-28H2,(H,31,35)/b29-13-. The zero-order valence-electron chi connectivity index (χ0n) is 18.8. The van der Waals surface area contributed by atoms with Crippen LogP contribution in [0, 0.1) is 0 Å². The fraction of sp³-hybridized carbons (Fsp3) is 0.160. The largest absolute Gasteiger partial charge is 0.359 e. The van der Waals surface area contributed by atoms with Crippen LogP contribution in [0.4, 0.5) is 17.1 Å². The lowest BCUT2D eigenvalue weighted by Gasteiger charge is -2.19. The molecule has 5 rings (SSSR count). The predicted molar refractivity (Wildman–Crippen MR) is 139 cm³/mol. The normalized spacial score (nSPS) is 16.2. The predicted octanol–water partition coefficient (Wildman–Crippen LogP) is 3.36. The van der Waals surface area contributed by atoms with Gasteiger partial charge in [0.15, 0.2) is 0 Å². The van der Waals surface area contributed by atoms with Gasteiger partial charge in [-0.3, -0.25) is 14.6 Å². The number of amides is 1. The fourth-order valence-electron chi connectivity index (χ4n) is 4.71. The number of nitrogens with one attached hydrogen (secondary N) is 2. The van der Waals surface area contributed by atoms with Crippen LogP contribution in [-0.2, 0) is 17.6 Å². The first kappa shape index (κ1) is 22.7. The van der Waals surface area contributed by atoms with Gasteiger partial charge >= 0.3 is 0 Å². The van der Waals surface area contributed by atoms with E-state index in [9.17, 15) is 9.59 Å². The van der Waals surface area contributed by atoms with Crippen molar-refractivity contribution in [3.8, 4) is 11.1 Å². The van der Waals surface area contributed by atoms with Crippen molar-refractivity contribution in [2.45, 2.75) is 25.3 Å². The number of hydrogen-bond acceptors (Lipinski definition) is 6. The number of halogens is 1. The third-order valence-corrected chi connectivity index (χ3v) is 6.50. The van der Waals surface area contributed by atoms with E-state index in [4.69, 9.17) is 23.3 Å². The Hall–Kier alpha value is -4.08. The van der Waals surface area contributed by atoms with Gasteiger partial charge in [-0.1, -0.05) is 24.2 Å². The van der Waals surface area contributed by atoms with Crippen molar-refractivity contribution >= 4 is 40.9 Å². The molecule has 2 aliphatic rings. The monoisotopic (exact) mass is 489 g/mol. The molecule has 1 aromatic heterocycles. The van der Waals surface area contributed by atoms with Crippen LogP contribution in [0.25, 0.3) is 11.1 Å². The Morgan fingerprint density at radius 2 is 2.09 bits per heavy atom. The van der Waals surface area contributed by atoms with E-state index in [-0.39, 0.29) is 11.5 Å². The van der Waals surface area contributed by atoms with Crippen molar-refractivity contribution in [3.63, 3.8) is 0 Å². The second-order valence-electron chi connectivity index (χ2n) is 8.60. The number of nitrogens with zero attached hydrogens (tertiary/aromatic N) is 3. The third-order valence-electron chi connectivity index (χ3n) is 6.27. The number of carbonyl (C=O) groups is 1. The molecule has 9 nitrogen and oxygen atoms in total. The number of benzene rings is 2. The zero-order chi connectivity index (χ0) is 24.7. The fourth-order valence-corrected chi connectivity index (χ4v) is 4.88. The van der Waals surface area contributed by atoms with Gasteiger partial charge in [-0.15, -0.1) is 0 Å². The molecule has 35 heavy (non-hydrogen) atoms. The Labute approximate surface area is 206 Å². The highest BCUT2D eigenvalue weighted by atomic mass is 35.5. The summed E-state index contributed by atoms with van der Waals surface area (Å²) < 4.78 is 1.55. The molecule has 1 amide bonds. The highest BCUT2D eigenvalue weighted by molar-refractivity contribution is 6.31. The molecule has 0 saturated carbocycles. The van der Waals surface area contributed by atoms with E-state index < -0.39 is 6.04 Å². The number of hydrazone groups is 1. The molecule has 0 bridgehead atoms. The lowest BCUT2D eigenvalue weighted by Crippen LogP contribution is -2.31. The van der Waals surface area contributed by atoms with Crippen molar-refractivity contribution in [1.29, 1.82) is 0 Å². The molecule has 3 aromatic rings. The maximum Gasteiger partial charge on any atom is 0.252 e. The molecule has 178 valence electrons. The molecular weight excluding hydrogens is 466 g/mol. The topological polar surface area (TPSA) is 131 Å². The van der Waals surface area contributed by atoms with Crippen molar-refractivity contribution < 1.29 is 4.79 Å². The van der Waals surface area contributed by atoms with Gasteiger partial charge in [0.1, 0.15) is 12.4 Å².